The predicted octanol–water partition coefficient (Wildman–Crippen LogP) is 3.79. The average molecular weight is 302 g/mol. The Morgan fingerprint density at radius 1 is 1.18 bits per heavy atom. The van der Waals surface area contributed by atoms with Gasteiger partial charge in [-0.15, -0.1) is 0 Å². The summed E-state index contributed by atoms with van der Waals surface area (Å²) in [5.41, 5.74) is 2.00. The molecule has 1 aromatic heterocycles. The van der Waals surface area contributed by atoms with Crippen molar-refractivity contribution in [3.8, 4) is 0 Å². The van der Waals surface area contributed by atoms with E-state index < -0.39 is 0 Å². The highest BCUT2D eigenvalue weighted by Crippen LogP contribution is 2.12. The fraction of sp³-hybridized carbons (Fsp3) is 0.412. The number of aromatic nitrogens is 2. The van der Waals surface area contributed by atoms with E-state index in [0.717, 1.165) is 29.9 Å². The van der Waals surface area contributed by atoms with Crippen LogP contribution in [0.2, 0.25) is 0 Å². The molecule has 0 aliphatic rings. The maximum Gasteiger partial charge on any atom is 0.224 e. The van der Waals surface area contributed by atoms with E-state index in [1.54, 1.807) is 12.1 Å². The third-order valence-electron chi connectivity index (χ3n) is 3.47. The lowest BCUT2D eigenvalue weighted by molar-refractivity contribution is 0.627. The van der Waals surface area contributed by atoms with Crippen LogP contribution in [0.3, 0.4) is 0 Å². The van der Waals surface area contributed by atoms with Crippen LogP contribution < -0.4 is 10.6 Å². The molecule has 2 rings (SSSR count). The normalized spacial score (nSPS) is 12.0. The molecule has 0 amide bonds. The first-order valence-corrected chi connectivity index (χ1v) is 7.67. The van der Waals surface area contributed by atoms with Crippen molar-refractivity contribution >= 4 is 11.8 Å². The van der Waals surface area contributed by atoms with Gasteiger partial charge in [-0.3, -0.25) is 0 Å². The molecular weight excluding hydrogens is 279 g/mol. The number of hydrogen-bond acceptors (Lipinski definition) is 4. The van der Waals surface area contributed by atoms with Gasteiger partial charge in [0.25, 0.3) is 0 Å². The molecule has 0 saturated carbocycles. The van der Waals surface area contributed by atoms with Gasteiger partial charge in [0.05, 0.1) is 0 Å². The van der Waals surface area contributed by atoms with Crippen LogP contribution in [-0.2, 0) is 6.42 Å². The van der Waals surface area contributed by atoms with E-state index in [0.29, 0.717) is 18.5 Å². The smallest absolute Gasteiger partial charge is 0.224 e. The Hall–Kier alpha value is -2.17. The van der Waals surface area contributed by atoms with Crippen LogP contribution in [0.4, 0.5) is 16.2 Å². The first-order valence-electron chi connectivity index (χ1n) is 7.67. The summed E-state index contributed by atoms with van der Waals surface area (Å²) >= 11 is 0. The summed E-state index contributed by atoms with van der Waals surface area (Å²) in [6.07, 6.45) is 1.84. The summed E-state index contributed by atoms with van der Waals surface area (Å²) in [6, 6.07) is 8.87. The van der Waals surface area contributed by atoms with Gasteiger partial charge in [0, 0.05) is 24.3 Å². The van der Waals surface area contributed by atoms with Crippen molar-refractivity contribution < 1.29 is 4.39 Å². The van der Waals surface area contributed by atoms with Crippen molar-refractivity contribution in [2.24, 2.45) is 0 Å². The van der Waals surface area contributed by atoms with Gasteiger partial charge in [0.2, 0.25) is 5.95 Å². The molecule has 0 radical (unpaired) electrons. The minimum Gasteiger partial charge on any atom is -0.367 e. The van der Waals surface area contributed by atoms with Crippen molar-refractivity contribution in [3.63, 3.8) is 0 Å². The van der Waals surface area contributed by atoms with E-state index in [-0.39, 0.29) is 5.82 Å². The third-order valence-corrected chi connectivity index (χ3v) is 3.47. The highest BCUT2D eigenvalue weighted by molar-refractivity contribution is 5.42. The van der Waals surface area contributed by atoms with Crippen LogP contribution in [0.5, 0.6) is 0 Å². The number of aryl methyl sites for hydroxylation is 1. The maximum absolute atomic E-state index is 12.9. The van der Waals surface area contributed by atoms with E-state index in [2.05, 4.69) is 34.4 Å². The van der Waals surface area contributed by atoms with Crippen LogP contribution in [0.15, 0.2) is 30.3 Å². The molecule has 2 aromatic rings. The topological polar surface area (TPSA) is 49.8 Å². The van der Waals surface area contributed by atoms with Gasteiger partial charge in [-0.05, 0) is 44.4 Å². The monoisotopic (exact) mass is 302 g/mol. The number of anilines is 2. The second-order valence-electron chi connectivity index (χ2n) is 5.48. The highest BCUT2D eigenvalue weighted by Gasteiger charge is 2.04. The Labute approximate surface area is 131 Å². The number of rotatable bonds is 7. The second-order valence-corrected chi connectivity index (χ2v) is 5.48. The largest absolute Gasteiger partial charge is 0.367 e. The molecule has 2 N–H and O–H groups in total. The Balaban J connectivity index is 1.93. The van der Waals surface area contributed by atoms with Crippen LogP contribution in [-0.4, -0.2) is 22.6 Å². The summed E-state index contributed by atoms with van der Waals surface area (Å²) in [6.45, 7) is 6.92. The van der Waals surface area contributed by atoms with Crippen molar-refractivity contribution in [2.75, 3.05) is 17.2 Å². The molecule has 1 heterocycles. The summed E-state index contributed by atoms with van der Waals surface area (Å²) in [5, 5.41) is 6.58. The molecule has 5 heteroatoms. The van der Waals surface area contributed by atoms with Gasteiger partial charge < -0.3 is 10.6 Å². The highest BCUT2D eigenvalue weighted by atomic mass is 19.1. The van der Waals surface area contributed by atoms with Gasteiger partial charge in [0.15, 0.2) is 0 Å². The zero-order valence-electron chi connectivity index (χ0n) is 13.4. The van der Waals surface area contributed by atoms with E-state index in [1.807, 2.05) is 13.0 Å². The van der Waals surface area contributed by atoms with Gasteiger partial charge in [-0.2, -0.15) is 4.98 Å². The van der Waals surface area contributed by atoms with Crippen LogP contribution >= 0.6 is 0 Å². The number of hydrogen-bond donors (Lipinski definition) is 2. The average Bonchev–Trinajstić information content (AvgIpc) is 2.48. The van der Waals surface area contributed by atoms with E-state index in [1.165, 1.54) is 12.1 Å². The molecule has 1 atom stereocenters. The number of nitrogens with one attached hydrogen (secondary N) is 2. The number of halogens is 1. The van der Waals surface area contributed by atoms with Crippen molar-refractivity contribution in [2.45, 2.75) is 39.7 Å². The van der Waals surface area contributed by atoms with Crippen LogP contribution in [0, 0.1) is 12.7 Å². The Morgan fingerprint density at radius 3 is 2.59 bits per heavy atom. The molecule has 0 fully saturated rings. The first kappa shape index (κ1) is 16.2. The molecule has 0 aliphatic carbocycles. The van der Waals surface area contributed by atoms with Crippen molar-refractivity contribution in [1.29, 1.82) is 0 Å². The SMILES string of the molecule is CCC(C)Nc1cc(C)nc(NCCc2ccc(F)cc2)n1. The van der Waals surface area contributed by atoms with Crippen LogP contribution in [0.25, 0.3) is 0 Å². The van der Waals surface area contributed by atoms with Gasteiger partial charge in [0.1, 0.15) is 11.6 Å². The summed E-state index contributed by atoms with van der Waals surface area (Å²) in [7, 11) is 0. The first-order chi connectivity index (χ1) is 10.6. The quantitative estimate of drug-likeness (QED) is 0.817. The zero-order chi connectivity index (χ0) is 15.9. The summed E-state index contributed by atoms with van der Waals surface area (Å²) < 4.78 is 12.9. The lowest BCUT2D eigenvalue weighted by atomic mass is 10.1. The fourth-order valence-corrected chi connectivity index (χ4v) is 2.05. The number of benzene rings is 1. The van der Waals surface area contributed by atoms with E-state index in [9.17, 15) is 4.39 Å². The Kier molecular flexibility index (Phi) is 5.69. The molecule has 1 unspecified atom stereocenters. The Morgan fingerprint density at radius 2 is 1.91 bits per heavy atom. The van der Waals surface area contributed by atoms with Gasteiger partial charge in [-0.25, -0.2) is 9.37 Å². The molecular formula is C17H23FN4. The van der Waals surface area contributed by atoms with Crippen molar-refractivity contribution in [1.82, 2.24) is 9.97 Å². The van der Waals surface area contributed by atoms with E-state index in [4.69, 9.17) is 0 Å². The van der Waals surface area contributed by atoms with Gasteiger partial charge in [-0.1, -0.05) is 19.1 Å². The van der Waals surface area contributed by atoms with Crippen molar-refractivity contribution in [3.05, 3.63) is 47.4 Å². The molecule has 0 spiro atoms. The van der Waals surface area contributed by atoms with E-state index >= 15 is 0 Å². The summed E-state index contributed by atoms with van der Waals surface area (Å²) in [5.74, 6) is 1.25. The minimum absolute atomic E-state index is 0.209. The molecule has 0 bridgehead atoms. The second kappa shape index (κ2) is 7.73. The zero-order valence-corrected chi connectivity index (χ0v) is 13.4. The molecule has 22 heavy (non-hydrogen) atoms. The lowest BCUT2D eigenvalue weighted by Crippen LogP contribution is -2.16. The molecule has 118 valence electrons. The fourth-order valence-electron chi connectivity index (χ4n) is 2.05. The molecule has 0 aliphatic heterocycles. The summed E-state index contributed by atoms with van der Waals surface area (Å²) in [4.78, 5) is 8.86. The molecule has 0 saturated heterocycles. The van der Waals surface area contributed by atoms with Gasteiger partial charge >= 0.3 is 0 Å². The predicted molar refractivity (Wildman–Crippen MR) is 88.7 cm³/mol. The third kappa shape index (κ3) is 4.98. The number of nitrogens with zero attached hydrogens (tertiary/aromatic N) is 2. The molecule has 4 nitrogen and oxygen atoms in total. The lowest BCUT2D eigenvalue weighted by Gasteiger charge is -2.14. The maximum atomic E-state index is 12.9. The van der Waals surface area contributed by atoms with Crippen LogP contribution in [0.1, 0.15) is 31.5 Å². The minimum atomic E-state index is -0.209. The standard InChI is InChI=1S/C17H23FN4/c1-4-12(2)20-16-11-13(3)21-17(22-16)19-10-9-14-5-7-15(18)8-6-14/h5-8,11-12H,4,9-10H2,1-3H3,(H2,19,20,21,22). The molecule has 1 aromatic carbocycles. The Bertz CT molecular complexity index is 598.